The summed E-state index contributed by atoms with van der Waals surface area (Å²) in [5.74, 6) is 1.64. The Morgan fingerprint density at radius 2 is 1.82 bits per heavy atom. The minimum Gasteiger partial charge on any atom is -0.364 e. The number of aromatic nitrogens is 4. The number of ether oxygens (including phenoxy) is 1. The highest BCUT2D eigenvalue weighted by atomic mass is 35.5. The van der Waals surface area contributed by atoms with Crippen molar-refractivity contribution in [1.82, 2.24) is 25.2 Å². The van der Waals surface area contributed by atoms with Crippen LogP contribution in [0.1, 0.15) is 72.9 Å². The number of pyridine rings is 1. The van der Waals surface area contributed by atoms with Crippen LogP contribution in [-0.4, -0.2) is 68.9 Å². The fourth-order valence-corrected chi connectivity index (χ4v) is 6.71. The van der Waals surface area contributed by atoms with Crippen molar-refractivity contribution in [2.24, 2.45) is 17.8 Å². The van der Waals surface area contributed by atoms with E-state index in [1.54, 1.807) is 6.07 Å². The largest absolute Gasteiger partial charge is 0.364 e. The minimum absolute atomic E-state index is 0.00978. The summed E-state index contributed by atoms with van der Waals surface area (Å²) in [7, 11) is -0.625. The minimum atomic E-state index is -0.708. The molecule has 12 heteroatoms. The number of amides is 2. The molecule has 0 saturated heterocycles. The molecule has 2 amide bonds. The monoisotopic (exact) mass is 644 g/mol. The quantitative estimate of drug-likeness (QED) is 0.159. The molecule has 2 aliphatic rings. The first-order valence-electron chi connectivity index (χ1n) is 15.3. The third-order valence-electron chi connectivity index (χ3n) is 8.48. The third-order valence-corrected chi connectivity index (χ3v) is 10.2. The summed E-state index contributed by atoms with van der Waals surface area (Å²) >= 11 is 6.72. The molecule has 2 fully saturated rings. The van der Waals surface area contributed by atoms with Crippen LogP contribution in [0.5, 0.6) is 0 Å². The molecule has 2 N–H and O–H groups in total. The Morgan fingerprint density at radius 3 is 2.41 bits per heavy atom. The van der Waals surface area contributed by atoms with Crippen LogP contribution >= 0.6 is 21.6 Å². The zero-order valence-electron chi connectivity index (χ0n) is 26.8. The Hall–Kier alpha value is -2.89. The summed E-state index contributed by atoms with van der Waals surface area (Å²) in [5, 5.41) is 14.9. The second-order valence-corrected chi connectivity index (χ2v) is 18.3. The molecule has 1 atom stereocenters. The highest BCUT2D eigenvalue weighted by Crippen LogP contribution is 2.51. The number of aryl methyl sites for hydroxylation is 1. The molecule has 44 heavy (non-hydrogen) atoms. The SMILES string of the molecule is Cc1nn(COCCS(C)(C)C)c(C)c1-c1ccc(NC(=O)[C@@H](NC(=O)c2conc2C(C)C)C(C2CC2)C2CC2)nc1Cl. The lowest BCUT2D eigenvalue weighted by Crippen LogP contribution is -2.50. The van der Waals surface area contributed by atoms with Gasteiger partial charge >= 0.3 is 0 Å². The van der Waals surface area contributed by atoms with E-state index in [4.69, 9.17) is 20.9 Å². The number of anilines is 1. The van der Waals surface area contributed by atoms with Crippen LogP contribution in [0.4, 0.5) is 5.82 Å². The number of rotatable bonds is 14. The van der Waals surface area contributed by atoms with E-state index < -0.39 is 16.1 Å². The predicted octanol–water partition coefficient (Wildman–Crippen LogP) is 6.17. The van der Waals surface area contributed by atoms with E-state index in [0.29, 0.717) is 42.2 Å². The molecule has 3 aromatic heterocycles. The molecule has 3 aromatic rings. The van der Waals surface area contributed by atoms with Gasteiger partial charge in [0.25, 0.3) is 5.91 Å². The predicted molar refractivity (Wildman–Crippen MR) is 176 cm³/mol. The second kappa shape index (κ2) is 13.2. The lowest BCUT2D eigenvalue weighted by atomic mass is 9.88. The highest BCUT2D eigenvalue weighted by molar-refractivity contribution is 8.32. The summed E-state index contributed by atoms with van der Waals surface area (Å²) in [4.78, 5) is 31.8. The normalized spacial score (nSPS) is 16.4. The molecule has 0 radical (unpaired) electrons. The Morgan fingerprint density at radius 1 is 1.14 bits per heavy atom. The third kappa shape index (κ3) is 7.66. The van der Waals surface area contributed by atoms with Crippen molar-refractivity contribution >= 4 is 39.3 Å². The van der Waals surface area contributed by atoms with E-state index in [1.165, 1.54) is 6.26 Å². The van der Waals surface area contributed by atoms with Crippen LogP contribution < -0.4 is 10.6 Å². The molecular formula is C32H45ClN6O4S. The molecule has 0 bridgehead atoms. The molecule has 3 heterocycles. The topological polar surface area (TPSA) is 124 Å². The zero-order chi connectivity index (χ0) is 31.8. The molecule has 0 aliphatic heterocycles. The van der Waals surface area contributed by atoms with Crippen LogP contribution in [0, 0.1) is 31.6 Å². The number of carbonyl (C=O) groups excluding carboxylic acids is 2. The van der Waals surface area contributed by atoms with Gasteiger partial charge in [-0.3, -0.25) is 9.59 Å². The van der Waals surface area contributed by atoms with E-state index in [-0.39, 0.29) is 28.8 Å². The van der Waals surface area contributed by atoms with Crippen molar-refractivity contribution in [2.45, 2.75) is 72.1 Å². The lowest BCUT2D eigenvalue weighted by Gasteiger charge is -2.27. The first-order chi connectivity index (χ1) is 20.8. The fourth-order valence-electron chi connectivity index (χ4n) is 5.85. The van der Waals surface area contributed by atoms with Crippen molar-refractivity contribution in [3.05, 3.63) is 46.2 Å². The van der Waals surface area contributed by atoms with Crippen LogP contribution in [0.15, 0.2) is 22.9 Å². The Bertz CT molecular complexity index is 1490. The Kier molecular flexibility index (Phi) is 9.77. The van der Waals surface area contributed by atoms with Crippen LogP contribution in [0.25, 0.3) is 11.1 Å². The van der Waals surface area contributed by atoms with Gasteiger partial charge in [-0.2, -0.15) is 5.10 Å². The average molecular weight is 645 g/mol. The number of nitrogens with zero attached hydrogens (tertiary/aromatic N) is 4. The highest BCUT2D eigenvalue weighted by Gasteiger charge is 2.48. The van der Waals surface area contributed by atoms with Crippen molar-refractivity contribution in [3.63, 3.8) is 0 Å². The maximum Gasteiger partial charge on any atom is 0.257 e. The first-order valence-corrected chi connectivity index (χ1v) is 18.7. The lowest BCUT2D eigenvalue weighted by molar-refractivity contribution is -0.119. The molecule has 0 spiro atoms. The van der Waals surface area contributed by atoms with Crippen LogP contribution in [-0.2, 0) is 16.3 Å². The van der Waals surface area contributed by atoms with Crippen molar-refractivity contribution in [1.29, 1.82) is 0 Å². The molecular weight excluding hydrogens is 600 g/mol. The summed E-state index contributed by atoms with van der Waals surface area (Å²) < 4.78 is 12.9. The summed E-state index contributed by atoms with van der Waals surface area (Å²) in [6, 6.07) is 2.90. The van der Waals surface area contributed by atoms with Gasteiger partial charge < -0.3 is 19.9 Å². The Labute approximate surface area is 266 Å². The summed E-state index contributed by atoms with van der Waals surface area (Å²) in [6.45, 7) is 8.88. The maximum absolute atomic E-state index is 13.8. The molecule has 5 rings (SSSR count). The van der Waals surface area contributed by atoms with Gasteiger partial charge in [0.1, 0.15) is 35.6 Å². The molecule has 0 aromatic carbocycles. The standard InChI is InChI=1S/C32H45ClN6O4S/c1-18(2)28-24(16-43-38-28)31(40)36-29(27(21-8-9-21)22-10-11-22)32(41)35-25-13-12-23(30(33)34-25)26-19(3)37-39(20(26)4)17-42-14-15-44(5,6)7/h12-13,16,18,21-22,27,29H,8-11,14-15,17H2,1-7H3,(H,36,40)(H,34,35,41)/t29-/m0/s1. The summed E-state index contributed by atoms with van der Waals surface area (Å²) in [6.07, 6.45) is 12.4. The molecule has 2 saturated carbocycles. The van der Waals surface area contributed by atoms with Gasteiger partial charge in [0.15, 0.2) is 0 Å². The van der Waals surface area contributed by atoms with Crippen molar-refractivity contribution < 1.29 is 18.8 Å². The van der Waals surface area contributed by atoms with E-state index in [1.807, 2.05) is 38.4 Å². The number of hydrogen-bond acceptors (Lipinski definition) is 7. The van der Waals surface area contributed by atoms with Gasteiger partial charge in [-0.25, -0.2) is 19.7 Å². The maximum atomic E-state index is 13.8. The number of nitrogens with one attached hydrogen (secondary N) is 2. The fraction of sp³-hybridized carbons (Fsp3) is 0.594. The van der Waals surface area contributed by atoms with Gasteiger partial charge in [0.2, 0.25) is 5.91 Å². The van der Waals surface area contributed by atoms with Gasteiger partial charge in [-0.1, -0.05) is 30.6 Å². The molecule has 2 aliphatic carbocycles. The van der Waals surface area contributed by atoms with E-state index in [9.17, 15) is 9.59 Å². The first kappa shape index (κ1) is 32.5. The average Bonchev–Trinajstić information content (AvgIpc) is 3.88. The van der Waals surface area contributed by atoms with E-state index in [2.05, 4.69) is 44.6 Å². The second-order valence-electron chi connectivity index (χ2n) is 13.4. The molecule has 0 unspecified atom stereocenters. The molecule has 240 valence electrons. The van der Waals surface area contributed by atoms with Crippen LogP contribution in [0.2, 0.25) is 5.15 Å². The zero-order valence-corrected chi connectivity index (χ0v) is 28.3. The van der Waals surface area contributed by atoms with E-state index >= 15 is 0 Å². The van der Waals surface area contributed by atoms with Gasteiger partial charge in [-0.15, -0.1) is 0 Å². The number of halogens is 1. The number of hydrogen-bond donors (Lipinski definition) is 2. The van der Waals surface area contributed by atoms with Gasteiger partial charge in [0.05, 0.1) is 18.0 Å². The van der Waals surface area contributed by atoms with Crippen molar-refractivity contribution in [2.75, 3.05) is 36.4 Å². The van der Waals surface area contributed by atoms with Gasteiger partial charge in [0, 0.05) is 22.6 Å². The van der Waals surface area contributed by atoms with Gasteiger partial charge in [-0.05, 0) is 94.1 Å². The van der Waals surface area contributed by atoms with E-state index in [0.717, 1.165) is 54.0 Å². The Balaban J connectivity index is 1.32. The van der Waals surface area contributed by atoms with Crippen LogP contribution in [0.3, 0.4) is 0 Å². The van der Waals surface area contributed by atoms with Crippen molar-refractivity contribution in [3.8, 4) is 11.1 Å². The smallest absolute Gasteiger partial charge is 0.257 e. The number of carbonyl (C=O) groups is 2. The summed E-state index contributed by atoms with van der Waals surface area (Å²) in [5.41, 5.74) is 4.32. The molecule has 10 nitrogen and oxygen atoms in total.